The summed E-state index contributed by atoms with van der Waals surface area (Å²) in [5.74, 6) is 0.876. The molecule has 30 heavy (non-hydrogen) atoms. The van der Waals surface area contributed by atoms with Crippen molar-refractivity contribution in [2.24, 2.45) is 0 Å². The summed E-state index contributed by atoms with van der Waals surface area (Å²) in [6, 6.07) is 0. The fraction of sp³-hybridized carbons (Fsp3) is 0.722. The van der Waals surface area contributed by atoms with Crippen molar-refractivity contribution in [1.29, 1.82) is 0 Å². The number of rotatable bonds is 7. The van der Waals surface area contributed by atoms with Crippen molar-refractivity contribution in [2.75, 3.05) is 5.73 Å². The molecule has 0 bridgehead atoms. The third kappa shape index (κ3) is 4.23. The van der Waals surface area contributed by atoms with Crippen molar-refractivity contribution in [3.8, 4) is 0 Å². The van der Waals surface area contributed by atoms with E-state index < -0.39 is 37.0 Å². The summed E-state index contributed by atoms with van der Waals surface area (Å²) in [4.78, 5) is 22.8. The minimum atomic E-state index is -4.33. The van der Waals surface area contributed by atoms with Crippen molar-refractivity contribution >= 4 is 24.6 Å². The molecule has 5 N–H and O–H groups in total. The van der Waals surface area contributed by atoms with Crippen LogP contribution >= 0.6 is 7.60 Å². The Morgan fingerprint density at radius 2 is 2.07 bits per heavy atom. The molecule has 1 aliphatic heterocycles. The molecular weight excluding hydrogens is 413 g/mol. The van der Waals surface area contributed by atoms with Crippen molar-refractivity contribution in [1.82, 2.24) is 19.5 Å². The SMILES string of the molecule is CCC(C)(CC1O[C@@H](n2c(C)nc3c(N)ncnc32)CC1O)OP(=O)(O)C(C)(C)O. The molecular formula is C18H30N5O6P. The fourth-order valence-corrected chi connectivity index (χ4v) is 4.54. The van der Waals surface area contributed by atoms with Gasteiger partial charge < -0.3 is 30.1 Å². The molecule has 0 saturated carbocycles. The highest BCUT2D eigenvalue weighted by atomic mass is 31.2. The zero-order valence-corrected chi connectivity index (χ0v) is 18.7. The van der Waals surface area contributed by atoms with E-state index in [4.69, 9.17) is 15.0 Å². The van der Waals surface area contributed by atoms with Crippen LogP contribution in [0.15, 0.2) is 6.33 Å². The first-order valence-corrected chi connectivity index (χ1v) is 11.4. The van der Waals surface area contributed by atoms with Gasteiger partial charge in [-0.05, 0) is 34.1 Å². The van der Waals surface area contributed by atoms with Gasteiger partial charge in [0.1, 0.15) is 18.4 Å². The molecule has 1 fully saturated rings. The van der Waals surface area contributed by atoms with E-state index in [9.17, 15) is 19.7 Å². The first kappa shape index (κ1) is 23.1. The Balaban J connectivity index is 1.82. The molecule has 1 saturated heterocycles. The molecule has 0 amide bonds. The third-order valence-electron chi connectivity index (χ3n) is 5.59. The van der Waals surface area contributed by atoms with E-state index in [1.807, 2.05) is 0 Å². The highest BCUT2D eigenvalue weighted by Crippen LogP contribution is 2.57. The second-order valence-corrected chi connectivity index (χ2v) is 10.8. The maximum Gasteiger partial charge on any atom is 0.359 e. The maximum absolute atomic E-state index is 12.5. The first-order valence-electron chi connectivity index (χ1n) is 9.82. The summed E-state index contributed by atoms with van der Waals surface area (Å²) in [5, 5.41) is 18.7. The number of aromatic nitrogens is 4. The molecule has 3 heterocycles. The Labute approximate surface area is 174 Å². The molecule has 12 heteroatoms. The molecule has 5 atom stereocenters. The third-order valence-corrected chi connectivity index (χ3v) is 7.66. The fourth-order valence-electron chi connectivity index (χ4n) is 3.52. The summed E-state index contributed by atoms with van der Waals surface area (Å²) in [6.07, 6.45) is 0.129. The van der Waals surface area contributed by atoms with E-state index in [0.717, 1.165) is 0 Å². The van der Waals surface area contributed by atoms with E-state index in [2.05, 4.69) is 15.0 Å². The highest BCUT2D eigenvalue weighted by molar-refractivity contribution is 7.54. The van der Waals surface area contributed by atoms with Gasteiger partial charge in [0, 0.05) is 12.8 Å². The van der Waals surface area contributed by atoms with Gasteiger partial charge in [-0.15, -0.1) is 0 Å². The molecule has 2 aromatic heterocycles. The Morgan fingerprint density at radius 3 is 2.67 bits per heavy atom. The lowest BCUT2D eigenvalue weighted by molar-refractivity contribution is -0.0656. The van der Waals surface area contributed by atoms with Crippen LogP contribution in [0.5, 0.6) is 0 Å². The van der Waals surface area contributed by atoms with E-state index in [1.165, 1.54) is 20.2 Å². The number of aliphatic hydroxyl groups is 2. The van der Waals surface area contributed by atoms with Gasteiger partial charge in [0.15, 0.2) is 22.3 Å². The lowest BCUT2D eigenvalue weighted by Crippen LogP contribution is -2.38. The van der Waals surface area contributed by atoms with Crippen molar-refractivity contribution < 1.29 is 28.9 Å². The number of fused-ring (bicyclic) bond motifs is 1. The number of nitrogens with two attached hydrogens (primary N) is 1. The minimum Gasteiger partial charge on any atom is -0.390 e. The number of ether oxygens (including phenoxy) is 1. The molecule has 1 aliphatic rings. The van der Waals surface area contributed by atoms with Gasteiger partial charge in [0.05, 0.1) is 17.8 Å². The average Bonchev–Trinajstić information content (AvgIpc) is 3.13. The quantitative estimate of drug-likeness (QED) is 0.464. The molecule has 0 aliphatic carbocycles. The number of anilines is 1. The van der Waals surface area contributed by atoms with E-state index in [0.29, 0.717) is 23.4 Å². The van der Waals surface area contributed by atoms with Crippen LogP contribution in [-0.2, 0) is 13.8 Å². The van der Waals surface area contributed by atoms with Gasteiger partial charge in [0.2, 0.25) is 0 Å². The first-order chi connectivity index (χ1) is 13.8. The summed E-state index contributed by atoms with van der Waals surface area (Å²) in [7, 11) is -4.33. The minimum absolute atomic E-state index is 0.157. The normalized spacial score (nSPS) is 26.6. The van der Waals surface area contributed by atoms with E-state index in [-0.39, 0.29) is 18.7 Å². The van der Waals surface area contributed by atoms with Gasteiger partial charge in [0.25, 0.3) is 0 Å². The van der Waals surface area contributed by atoms with Crippen LogP contribution in [0.3, 0.4) is 0 Å². The zero-order valence-electron chi connectivity index (χ0n) is 17.8. The van der Waals surface area contributed by atoms with Crippen LogP contribution in [0.2, 0.25) is 0 Å². The van der Waals surface area contributed by atoms with Crippen LogP contribution in [0.4, 0.5) is 5.82 Å². The number of nitrogen functional groups attached to an aromatic ring is 1. The van der Waals surface area contributed by atoms with E-state index in [1.54, 1.807) is 25.3 Å². The van der Waals surface area contributed by atoms with Crippen LogP contribution < -0.4 is 5.73 Å². The highest BCUT2D eigenvalue weighted by Gasteiger charge is 2.47. The second-order valence-electron chi connectivity index (χ2n) is 8.51. The lowest BCUT2D eigenvalue weighted by Gasteiger charge is -2.36. The lowest BCUT2D eigenvalue weighted by atomic mass is 9.93. The second kappa shape index (κ2) is 7.81. The predicted octanol–water partition coefficient (Wildman–Crippen LogP) is 1.85. The average molecular weight is 443 g/mol. The van der Waals surface area contributed by atoms with Gasteiger partial charge in [-0.3, -0.25) is 9.13 Å². The van der Waals surface area contributed by atoms with Gasteiger partial charge in [-0.1, -0.05) is 6.92 Å². The Kier molecular flexibility index (Phi) is 6.00. The molecule has 0 aromatic carbocycles. The van der Waals surface area contributed by atoms with Crippen LogP contribution in [0.25, 0.3) is 11.2 Å². The van der Waals surface area contributed by atoms with Crippen molar-refractivity contribution in [2.45, 2.75) is 83.3 Å². The summed E-state index contributed by atoms with van der Waals surface area (Å²) in [6.45, 7) is 7.70. The molecule has 11 nitrogen and oxygen atoms in total. The van der Waals surface area contributed by atoms with E-state index >= 15 is 0 Å². The van der Waals surface area contributed by atoms with Crippen LogP contribution in [-0.4, -0.2) is 57.8 Å². The van der Waals surface area contributed by atoms with Crippen LogP contribution in [0, 0.1) is 6.92 Å². The van der Waals surface area contributed by atoms with Crippen molar-refractivity contribution in [3.63, 3.8) is 0 Å². The molecule has 2 aromatic rings. The smallest absolute Gasteiger partial charge is 0.359 e. The van der Waals surface area contributed by atoms with Crippen molar-refractivity contribution in [3.05, 3.63) is 12.2 Å². The summed E-state index contributed by atoms with van der Waals surface area (Å²) >= 11 is 0. The summed E-state index contributed by atoms with van der Waals surface area (Å²) in [5.41, 5.74) is 5.76. The maximum atomic E-state index is 12.5. The molecule has 0 spiro atoms. The monoisotopic (exact) mass is 443 g/mol. The standard InChI is InChI=1S/C18H30N5O6P/c1-6-18(5,29-30(26,27)17(3,4)25)8-12-11(24)7-13(28-12)23-10(2)22-14-15(19)20-9-21-16(14)23/h9,11-13,24-25H,6-8H2,1-5H3,(H,26,27)(H2,19,20,21)/t11?,12?,13-,18?/m1/s1. The van der Waals surface area contributed by atoms with Crippen LogP contribution in [0.1, 0.15) is 59.0 Å². The predicted molar refractivity (Wildman–Crippen MR) is 110 cm³/mol. The molecule has 4 unspecified atom stereocenters. The Bertz CT molecular complexity index is 976. The number of aliphatic hydroxyl groups excluding tert-OH is 1. The number of nitrogens with zero attached hydrogens (tertiary/aromatic N) is 4. The number of imidazole rings is 1. The topological polar surface area (TPSA) is 166 Å². The summed E-state index contributed by atoms with van der Waals surface area (Å²) < 4.78 is 25.8. The zero-order chi connectivity index (χ0) is 22.5. The molecule has 3 rings (SSSR count). The van der Waals surface area contributed by atoms with Gasteiger partial charge in [-0.2, -0.15) is 0 Å². The van der Waals surface area contributed by atoms with Gasteiger partial charge in [-0.25, -0.2) is 15.0 Å². The number of aryl methyl sites for hydroxylation is 1. The number of hydrogen-bond acceptors (Lipinski definition) is 9. The molecule has 0 radical (unpaired) electrons. The Morgan fingerprint density at radius 1 is 1.40 bits per heavy atom. The molecule has 168 valence electrons. The Hall–Kier alpha value is -1.62. The number of hydrogen-bond donors (Lipinski definition) is 4. The van der Waals surface area contributed by atoms with Gasteiger partial charge >= 0.3 is 7.60 Å². The largest absolute Gasteiger partial charge is 0.390 e.